The number of benzene rings is 2. The van der Waals surface area contributed by atoms with Crippen molar-refractivity contribution in [3.05, 3.63) is 59.9 Å². The number of nitriles is 2. The van der Waals surface area contributed by atoms with Crippen LogP contribution in [0.3, 0.4) is 0 Å². The number of hydrogen-bond donors (Lipinski definition) is 2. The fraction of sp³-hybridized carbons (Fsp3) is 0. The second kappa shape index (κ2) is 6.07. The molecule has 0 spiro atoms. The van der Waals surface area contributed by atoms with Crippen LogP contribution in [0.5, 0.6) is 11.5 Å². The van der Waals surface area contributed by atoms with Crippen LogP contribution in [0.4, 0.5) is 0 Å². The van der Waals surface area contributed by atoms with Crippen LogP contribution in [0.1, 0.15) is 11.4 Å². The molecule has 2 N–H and O–H groups in total. The smallest absolute Gasteiger partial charge is 0.177 e. The Hall–Kier alpha value is -3.90. The standard InChI is InChI=1S/C18H10N4O2/c19-9-15-16(10-20)22-18(12-3-7-14(24)8-4-12)17(21-15)11-1-5-13(23)6-2-11/h1-8,23-24H. The topological polar surface area (TPSA) is 114 Å². The van der Waals surface area contributed by atoms with Gasteiger partial charge in [-0.05, 0) is 48.5 Å². The van der Waals surface area contributed by atoms with Gasteiger partial charge >= 0.3 is 0 Å². The number of aromatic hydroxyl groups is 2. The lowest BCUT2D eigenvalue weighted by Gasteiger charge is -2.10. The molecule has 0 radical (unpaired) electrons. The number of phenolic OH excluding ortho intramolecular Hbond substituents is 2. The van der Waals surface area contributed by atoms with Gasteiger partial charge in [-0.15, -0.1) is 0 Å². The first-order chi connectivity index (χ1) is 11.6. The van der Waals surface area contributed by atoms with Crippen LogP contribution >= 0.6 is 0 Å². The summed E-state index contributed by atoms with van der Waals surface area (Å²) in [4.78, 5) is 8.54. The molecule has 0 saturated carbocycles. The van der Waals surface area contributed by atoms with Gasteiger partial charge in [0, 0.05) is 11.1 Å². The molecule has 1 heterocycles. The highest BCUT2D eigenvalue weighted by Gasteiger charge is 2.16. The molecule has 6 nitrogen and oxygen atoms in total. The van der Waals surface area contributed by atoms with Crippen LogP contribution in [-0.2, 0) is 0 Å². The van der Waals surface area contributed by atoms with Gasteiger partial charge in [-0.1, -0.05) is 0 Å². The minimum atomic E-state index is -0.0666. The van der Waals surface area contributed by atoms with Crippen LogP contribution in [0.15, 0.2) is 48.5 Å². The van der Waals surface area contributed by atoms with Crippen molar-refractivity contribution in [3.8, 4) is 46.2 Å². The fourth-order valence-corrected chi connectivity index (χ4v) is 2.23. The van der Waals surface area contributed by atoms with Crippen molar-refractivity contribution in [2.75, 3.05) is 0 Å². The lowest BCUT2D eigenvalue weighted by Crippen LogP contribution is -2.01. The summed E-state index contributed by atoms with van der Waals surface area (Å²) in [5.41, 5.74) is 1.98. The van der Waals surface area contributed by atoms with Crippen molar-refractivity contribution >= 4 is 0 Å². The molecule has 0 fully saturated rings. The van der Waals surface area contributed by atoms with Gasteiger partial charge in [0.25, 0.3) is 0 Å². The average Bonchev–Trinajstić information content (AvgIpc) is 2.62. The van der Waals surface area contributed by atoms with Crippen molar-refractivity contribution < 1.29 is 10.2 Å². The molecule has 1 aromatic heterocycles. The molecular weight excluding hydrogens is 304 g/mol. The Bertz CT molecular complexity index is 899. The van der Waals surface area contributed by atoms with E-state index in [0.717, 1.165) is 0 Å². The zero-order chi connectivity index (χ0) is 17.1. The molecule has 0 aliphatic rings. The van der Waals surface area contributed by atoms with E-state index in [4.69, 9.17) is 0 Å². The maximum Gasteiger partial charge on any atom is 0.177 e. The lowest BCUT2D eigenvalue weighted by molar-refractivity contribution is 0.475. The number of nitrogens with zero attached hydrogens (tertiary/aromatic N) is 4. The molecule has 0 atom stereocenters. The Morgan fingerprint density at radius 1 is 0.625 bits per heavy atom. The van der Waals surface area contributed by atoms with E-state index in [1.54, 1.807) is 24.3 Å². The Labute approximate surface area is 137 Å². The summed E-state index contributed by atoms with van der Waals surface area (Å²) in [5.74, 6) is 0.207. The minimum Gasteiger partial charge on any atom is -0.508 e. The fourth-order valence-electron chi connectivity index (χ4n) is 2.23. The molecule has 24 heavy (non-hydrogen) atoms. The quantitative estimate of drug-likeness (QED) is 0.751. The van der Waals surface area contributed by atoms with Crippen LogP contribution in [0.2, 0.25) is 0 Å². The monoisotopic (exact) mass is 314 g/mol. The van der Waals surface area contributed by atoms with E-state index in [9.17, 15) is 20.7 Å². The third-order valence-corrected chi connectivity index (χ3v) is 3.39. The van der Waals surface area contributed by atoms with Crippen LogP contribution < -0.4 is 0 Å². The van der Waals surface area contributed by atoms with E-state index in [1.807, 2.05) is 12.1 Å². The van der Waals surface area contributed by atoms with Gasteiger partial charge in [0.2, 0.25) is 0 Å². The van der Waals surface area contributed by atoms with E-state index in [2.05, 4.69) is 9.97 Å². The second-order valence-corrected chi connectivity index (χ2v) is 4.94. The maximum atomic E-state index is 9.44. The molecular formula is C18H10N4O2. The van der Waals surface area contributed by atoms with E-state index >= 15 is 0 Å². The van der Waals surface area contributed by atoms with E-state index in [1.165, 1.54) is 24.3 Å². The Kier molecular flexibility index (Phi) is 3.80. The minimum absolute atomic E-state index is 0.0666. The van der Waals surface area contributed by atoms with Gasteiger partial charge in [-0.25, -0.2) is 9.97 Å². The first kappa shape index (κ1) is 15.0. The van der Waals surface area contributed by atoms with Crippen molar-refractivity contribution in [1.29, 1.82) is 10.5 Å². The molecule has 6 heteroatoms. The largest absolute Gasteiger partial charge is 0.508 e. The van der Waals surface area contributed by atoms with E-state index in [0.29, 0.717) is 22.5 Å². The molecule has 114 valence electrons. The molecule has 3 aromatic rings. The highest BCUT2D eigenvalue weighted by atomic mass is 16.3. The third-order valence-electron chi connectivity index (χ3n) is 3.39. The van der Waals surface area contributed by atoms with Crippen LogP contribution in [0.25, 0.3) is 22.5 Å². The molecule has 3 rings (SSSR count). The van der Waals surface area contributed by atoms with Gasteiger partial charge in [0.1, 0.15) is 23.6 Å². The van der Waals surface area contributed by atoms with Crippen LogP contribution in [0, 0.1) is 22.7 Å². The van der Waals surface area contributed by atoms with Crippen LogP contribution in [-0.4, -0.2) is 20.2 Å². The Morgan fingerprint density at radius 2 is 0.958 bits per heavy atom. The zero-order valence-electron chi connectivity index (χ0n) is 12.3. The van der Waals surface area contributed by atoms with E-state index < -0.39 is 0 Å². The highest BCUT2D eigenvalue weighted by molar-refractivity contribution is 5.79. The number of phenols is 2. The predicted molar refractivity (Wildman–Crippen MR) is 85.7 cm³/mol. The molecule has 0 aliphatic carbocycles. The summed E-state index contributed by atoms with van der Waals surface area (Å²) >= 11 is 0. The Morgan fingerprint density at radius 3 is 1.25 bits per heavy atom. The molecule has 0 saturated heterocycles. The summed E-state index contributed by atoms with van der Waals surface area (Å²) in [6, 6.07) is 16.3. The van der Waals surface area contributed by atoms with Crippen molar-refractivity contribution in [1.82, 2.24) is 9.97 Å². The average molecular weight is 314 g/mol. The molecule has 0 unspecified atom stereocenters. The zero-order valence-corrected chi connectivity index (χ0v) is 12.3. The van der Waals surface area contributed by atoms with Gasteiger partial charge in [0.05, 0.1) is 11.4 Å². The summed E-state index contributed by atoms with van der Waals surface area (Å²) in [7, 11) is 0. The Balaban J connectivity index is 2.29. The number of aromatic nitrogens is 2. The first-order valence-corrected chi connectivity index (χ1v) is 6.93. The lowest BCUT2D eigenvalue weighted by atomic mass is 10.0. The molecule has 2 aromatic carbocycles. The summed E-state index contributed by atoms with van der Waals surface area (Å²) in [6.45, 7) is 0. The normalized spacial score (nSPS) is 9.92. The molecule has 0 bridgehead atoms. The van der Waals surface area contributed by atoms with Gasteiger partial charge in [-0.3, -0.25) is 0 Å². The SMILES string of the molecule is N#Cc1nc(-c2ccc(O)cc2)c(-c2ccc(O)cc2)nc1C#N. The van der Waals surface area contributed by atoms with E-state index in [-0.39, 0.29) is 22.9 Å². The number of rotatable bonds is 2. The van der Waals surface area contributed by atoms with Gasteiger partial charge in [0.15, 0.2) is 11.4 Å². The third kappa shape index (κ3) is 2.72. The maximum absolute atomic E-state index is 9.44. The van der Waals surface area contributed by atoms with Gasteiger partial charge < -0.3 is 10.2 Å². The summed E-state index contributed by atoms with van der Waals surface area (Å²) in [6.07, 6.45) is 0. The van der Waals surface area contributed by atoms with Gasteiger partial charge in [-0.2, -0.15) is 10.5 Å². The predicted octanol–water partition coefficient (Wildman–Crippen LogP) is 2.97. The molecule has 0 aliphatic heterocycles. The number of hydrogen-bond acceptors (Lipinski definition) is 6. The second-order valence-electron chi connectivity index (χ2n) is 4.94. The van der Waals surface area contributed by atoms with Crippen molar-refractivity contribution in [3.63, 3.8) is 0 Å². The van der Waals surface area contributed by atoms with Crippen molar-refractivity contribution in [2.24, 2.45) is 0 Å². The first-order valence-electron chi connectivity index (χ1n) is 6.93. The summed E-state index contributed by atoms with van der Waals surface area (Å²) in [5, 5.41) is 37.3. The highest BCUT2D eigenvalue weighted by Crippen LogP contribution is 2.31. The van der Waals surface area contributed by atoms with Crippen molar-refractivity contribution in [2.45, 2.75) is 0 Å². The summed E-state index contributed by atoms with van der Waals surface area (Å²) < 4.78 is 0. The molecule has 0 amide bonds.